The van der Waals surface area contributed by atoms with Gasteiger partial charge >= 0.3 is 6.18 Å². The third kappa shape index (κ3) is 4.11. The summed E-state index contributed by atoms with van der Waals surface area (Å²) in [5, 5.41) is 11.5. The molecule has 35 heavy (non-hydrogen) atoms. The maximum atomic E-state index is 13.0. The van der Waals surface area contributed by atoms with Crippen LogP contribution in [0.2, 0.25) is 0 Å². The normalized spacial score (nSPS) is 34.6. The van der Waals surface area contributed by atoms with E-state index in [9.17, 15) is 23.1 Å². The van der Waals surface area contributed by atoms with Crippen LogP contribution in [0.25, 0.3) is 0 Å². The van der Waals surface area contributed by atoms with Gasteiger partial charge in [0.1, 0.15) is 23.2 Å². The van der Waals surface area contributed by atoms with Crippen molar-refractivity contribution >= 4 is 5.78 Å². The topological polar surface area (TPSA) is 55.8 Å². The number of alkyl halides is 3. The van der Waals surface area contributed by atoms with Crippen LogP contribution in [0.1, 0.15) is 57.1 Å². The molecule has 0 spiro atoms. The fourth-order valence-electron chi connectivity index (χ4n) is 6.64. The minimum Gasteiger partial charge on any atom is -0.497 e. The van der Waals surface area contributed by atoms with Gasteiger partial charge in [-0.15, -0.1) is 0 Å². The van der Waals surface area contributed by atoms with Gasteiger partial charge in [-0.3, -0.25) is 4.79 Å². The van der Waals surface area contributed by atoms with Crippen molar-refractivity contribution in [2.75, 3.05) is 13.7 Å². The summed E-state index contributed by atoms with van der Waals surface area (Å²) >= 11 is 0. The summed E-state index contributed by atoms with van der Waals surface area (Å²) in [5.41, 5.74) is 1.45. The number of benzene rings is 1. The molecule has 1 aromatic rings. The number of halogens is 3. The summed E-state index contributed by atoms with van der Waals surface area (Å²) in [6.07, 6.45) is -0.0643. The molecule has 4 nitrogen and oxygen atoms in total. The number of methoxy groups -OCH3 is 1. The zero-order chi connectivity index (χ0) is 25.0. The van der Waals surface area contributed by atoms with Crippen LogP contribution < -0.4 is 4.74 Å². The van der Waals surface area contributed by atoms with Gasteiger partial charge in [0.05, 0.1) is 13.7 Å². The van der Waals surface area contributed by atoms with Crippen molar-refractivity contribution in [1.82, 2.24) is 0 Å². The van der Waals surface area contributed by atoms with E-state index >= 15 is 0 Å². The maximum Gasteiger partial charge on any atom is 0.457 e. The van der Waals surface area contributed by atoms with E-state index in [1.807, 2.05) is 31.2 Å². The molecule has 7 heteroatoms. The number of allylic oxidation sites excluding steroid dienone is 3. The average Bonchev–Trinajstić information content (AvgIpc) is 2.99. The summed E-state index contributed by atoms with van der Waals surface area (Å²) in [4.78, 5) is 12.2. The fourth-order valence-corrected chi connectivity index (χ4v) is 6.64. The molecule has 3 aliphatic carbocycles. The van der Waals surface area contributed by atoms with Crippen LogP contribution in [0.5, 0.6) is 5.75 Å². The molecule has 1 aromatic carbocycles. The Morgan fingerprint density at radius 2 is 1.94 bits per heavy atom. The van der Waals surface area contributed by atoms with Crippen molar-refractivity contribution in [1.29, 1.82) is 0 Å². The number of carbonyl (C=O) groups is 1. The van der Waals surface area contributed by atoms with Gasteiger partial charge in [-0.05, 0) is 71.9 Å². The van der Waals surface area contributed by atoms with Crippen LogP contribution >= 0.6 is 0 Å². The molecule has 2 unspecified atom stereocenters. The monoisotopic (exact) mass is 486 g/mol. The smallest absolute Gasteiger partial charge is 0.457 e. The van der Waals surface area contributed by atoms with Gasteiger partial charge in [0, 0.05) is 24.2 Å². The molecule has 4 aliphatic rings. The third-order valence-electron chi connectivity index (χ3n) is 8.52. The first-order chi connectivity index (χ1) is 16.5. The van der Waals surface area contributed by atoms with Gasteiger partial charge in [-0.25, -0.2) is 0 Å². The molecule has 0 radical (unpaired) electrons. The zero-order valence-corrected chi connectivity index (χ0v) is 19.9. The highest BCUT2D eigenvalue weighted by molar-refractivity contribution is 5.84. The third-order valence-corrected chi connectivity index (χ3v) is 8.52. The molecule has 2 saturated carbocycles. The highest BCUT2D eigenvalue weighted by Gasteiger charge is 2.61. The molecule has 5 atom stereocenters. The van der Waals surface area contributed by atoms with E-state index in [2.05, 4.69) is 12.0 Å². The lowest BCUT2D eigenvalue weighted by Gasteiger charge is -2.42. The van der Waals surface area contributed by atoms with E-state index in [1.165, 1.54) is 5.92 Å². The minimum absolute atomic E-state index is 0.0109. The van der Waals surface area contributed by atoms with Gasteiger partial charge in [-0.2, -0.15) is 13.2 Å². The molecular weight excluding hydrogens is 457 g/mol. The maximum absolute atomic E-state index is 13.0. The van der Waals surface area contributed by atoms with Gasteiger partial charge in [0.25, 0.3) is 0 Å². The first kappa shape index (κ1) is 24.1. The second-order valence-corrected chi connectivity index (χ2v) is 10.4. The van der Waals surface area contributed by atoms with Crippen molar-refractivity contribution in [3.05, 3.63) is 52.6 Å². The van der Waals surface area contributed by atoms with E-state index < -0.39 is 23.3 Å². The number of fused-ring (bicyclic) bond motifs is 4. The predicted molar refractivity (Wildman–Crippen MR) is 123 cm³/mol. The van der Waals surface area contributed by atoms with Crippen LogP contribution in [0.15, 0.2) is 47.1 Å². The lowest BCUT2D eigenvalue weighted by atomic mass is 9.62. The molecule has 1 heterocycles. The van der Waals surface area contributed by atoms with Crippen molar-refractivity contribution in [2.24, 2.45) is 17.3 Å². The molecule has 1 N–H and O–H groups in total. The minimum atomic E-state index is -4.67. The summed E-state index contributed by atoms with van der Waals surface area (Å²) in [5.74, 6) is 4.35. The molecular formula is C28H29F3O4. The van der Waals surface area contributed by atoms with Crippen molar-refractivity contribution < 1.29 is 32.5 Å². The molecule has 0 bridgehead atoms. The van der Waals surface area contributed by atoms with Crippen LogP contribution in [0.4, 0.5) is 13.2 Å². The van der Waals surface area contributed by atoms with Gasteiger partial charge < -0.3 is 14.6 Å². The Labute approximate surface area is 203 Å². The standard InChI is InChI=1S/C28H29F3O4/c1-26-16-35-25(17-3-7-20(34-2)8-4-17)24-21-10-6-19(32)15-18(21)5-9-22(24)23(26)11-12-27(26,33)13-14-28(29,30)31/h3-5,7-8,22-23,25,33H,6,9-12,15-16H2,1-2H3/t22?,23?,25-,26-,27+/m0/s1. The van der Waals surface area contributed by atoms with Crippen LogP contribution in [-0.4, -0.2) is 36.4 Å². The Bertz CT molecular complexity index is 1150. The highest BCUT2D eigenvalue weighted by atomic mass is 19.4. The van der Waals surface area contributed by atoms with E-state index in [0.29, 0.717) is 37.9 Å². The number of ketones is 1. The van der Waals surface area contributed by atoms with E-state index in [4.69, 9.17) is 9.47 Å². The first-order valence-electron chi connectivity index (χ1n) is 12.1. The Kier molecular flexibility index (Phi) is 5.89. The molecule has 186 valence electrons. The number of hydrogen-bond acceptors (Lipinski definition) is 4. The van der Waals surface area contributed by atoms with Crippen molar-refractivity contribution in [3.8, 4) is 17.6 Å². The summed E-state index contributed by atoms with van der Waals surface area (Å²) in [7, 11) is 1.60. The van der Waals surface area contributed by atoms with Gasteiger partial charge in [0.2, 0.25) is 0 Å². The Hall–Kier alpha value is -2.56. The second-order valence-electron chi connectivity index (χ2n) is 10.4. The number of ether oxygens (including phenoxy) is 2. The van der Waals surface area contributed by atoms with Crippen LogP contribution in [0.3, 0.4) is 0 Å². The van der Waals surface area contributed by atoms with E-state index in [-0.39, 0.29) is 30.6 Å². The summed E-state index contributed by atoms with van der Waals surface area (Å²) in [6.45, 7) is 1.90. The summed E-state index contributed by atoms with van der Waals surface area (Å²) < 4.78 is 50.7. The first-order valence-corrected chi connectivity index (χ1v) is 12.1. The van der Waals surface area contributed by atoms with Crippen LogP contribution in [-0.2, 0) is 9.53 Å². The number of hydrogen-bond donors (Lipinski definition) is 1. The molecule has 0 aromatic heterocycles. The lowest BCUT2D eigenvalue weighted by molar-refractivity contribution is -0.118. The fraction of sp³-hybridized carbons (Fsp3) is 0.536. The quantitative estimate of drug-likeness (QED) is 0.563. The number of rotatable bonds is 2. The molecule has 0 amide bonds. The number of aliphatic hydroxyl groups is 1. The number of carbonyl (C=O) groups excluding carboxylic acids is 1. The predicted octanol–water partition coefficient (Wildman–Crippen LogP) is 5.48. The van der Waals surface area contributed by atoms with E-state index in [0.717, 1.165) is 22.3 Å². The summed E-state index contributed by atoms with van der Waals surface area (Å²) in [6, 6.07) is 7.61. The zero-order valence-electron chi connectivity index (χ0n) is 19.9. The Morgan fingerprint density at radius 3 is 2.63 bits per heavy atom. The lowest BCUT2D eigenvalue weighted by Crippen LogP contribution is -2.48. The largest absolute Gasteiger partial charge is 0.497 e. The highest BCUT2D eigenvalue weighted by Crippen LogP contribution is 2.61. The molecule has 1 saturated heterocycles. The van der Waals surface area contributed by atoms with E-state index in [1.54, 1.807) is 7.11 Å². The van der Waals surface area contributed by atoms with Gasteiger partial charge in [0.15, 0.2) is 0 Å². The Morgan fingerprint density at radius 1 is 1.20 bits per heavy atom. The SMILES string of the molecule is COc1ccc([C@@H]2OC[C@@]3(C)C(CC[C@@]3(O)C#CC(F)(F)F)C3CC=C4CC(=O)CCC4=C32)cc1. The van der Waals surface area contributed by atoms with Crippen LogP contribution in [0, 0.1) is 29.1 Å². The van der Waals surface area contributed by atoms with Crippen molar-refractivity contribution in [2.45, 2.75) is 63.3 Å². The van der Waals surface area contributed by atoms with Gasteiger partial charge in [-0.1, -0.05) is 31.1 Å². The molecule has 1 aliphatic heterocycles. The van der Waals surface area contributed by atoms with Crippen molar-refractivity contribution in [3.63, 3.8) is 0 Å². The second kappa shape index (κ2) is 8.53. The molecule has 3 fully saturated rings. The average molecular weight is 487 g/mol. The number of Topliss-reactive ketones (excluding diaryl/α,β-unsaturated/α-hetero) is 1. The Balaban J connectivity index is 1.62. The molecule has 5 rings (SSSR count).